The van der Waals surface area contributed by atoms with Crippen LogP contribution in [0.3, 0.4) is 0 Å². The van der Waals surface area contributed by atoms with Gasteiger partial charge in [-0.05, 0) is 37.6 Å². The van der Waals surface area contributed by atoms with E-state index in [1.165, 1.54) is 6.07 Å². The van der Waals surface area contributed by atoms with Crippen molar-refractivity contribution < 1.29 is 14.2 Å². The highest BCUT2D eigenvalue weighted by Gasteiger charge is 2.06. The van der Waals surface area contributed by atoms with Gasteiger partial charge in [0.25, 0.3) is 0 Å². The van der Waals surface area contributed by atoms with E-state index in [1.54, 1.807) is 13.0 Å². The molecule has 0 aliphatic heterocycles. The first-order valence-electron chi connectivity index (χ1n) is 5.93. The van der Waals surface area contributed by atoms with Gasteiger partial charge in [0.15, 0.2) is 11.6 Å². The van der Waals surface area contributed by atoms with Gasteiger partial charge in [0.2, 0.25) is 0 Å². The van der Waals surface area contributed by atoms with Crippen LogP contribution in [-0.4, -0.2) is 24.4 Å². The number of aliphatic hydroxyl groups is 1. The summed E-state index contributed by atoms with van der Waals surface area (Å²) in [6.45, 7) is 5.36. The van der Waals surface area contributed by atoms with E-state index in [1.807, 2.05) is 6.07 Å². The Morgan fingerprint density at radius 2 is 2.24 bits per heavy atom. The Kier molecular flexibility index (Phi) is 5.94. The molecule has 0 aromatic heterocycles. The minimum atomic E-state index is -0.597. The van der Waals surface area contributed by atoms with Crippen LogP contribution in [0.25, 0.3) is 0 Å². The molecule has 17 heavy (non-hydrogen) atoms. The van der Waals surface area contributed by atoms with Gasteiger partial charge in [-0.2, -0.15) is 0 Å². The van der Waals surface area contributed by atoms with E-state index in [2.05, 4.69) is 12.2 Å². The van der Waals surface area contributed by atoms with Gasteiger partial charge < -0.3 is 15.2 Å². The van der Waals surface area contributed by atoms with Crippen LogP contribution in [0, 0.1) is 5.82 Å². The number of halogens is 1. The second-order valence-electron chi connectivity index (χ2n) is 4.10. The molecule has 0 aliphatic carbocycles. The summed E-state index contributed by atoms with van der Waals surface area (Å²) in [6.07, 6.45) is 0.457. The summed E-state index contributed by atoms with van der Waals surface area (Å²) >= 11 is 0. The van der Waals surface area contributed by atoms with Crippen molar-refractivity contribution in [1.82, 2.24) is 5.32 Å². The summed E-state index contributed by atoms with van der Waals surface area (Å²) < 4.78 is 18.7. The molecule has 96 valence electrons. The second-order valence-corrected chi connectivity index (χ2v) is 4.10. The average Bonchev–Trinajstić information content (AvgIpc) is 2.28. The maximum Gasteiger partial charge on any atom is 0.165 e. The molecule has 4 heteroatoms. The van der Waals surface area contributed by atoms with Crippen molar-refractivity contribution in [2.45, 2.75) is 32.9 Å². The third-order valence-electron chi connectivity index (χ3n) is 2.23. The average molecular weight is 241 g/mol. The quantitative estimate of drug-likeness (QED) is 0.718. The first kappa shape index (κ1) is 13.9. The van der Waals surface area contributed by atoms with Crippen LogP contribution in [0.4, 0.5) is 4.39 Å². The van der Waals surface area contributed by atoms with Crippen LogP contribution in [-0.2, 0) is 6.54 Å². The third kappa shape index (κ3) is 5.15. The van der Waals surface area contributed by atoms with Crippen molar-refractivity contribution in [3.05, 3.63) is 29.6 Å². The van der Waals surface area contributed by atoms with Gasteiger partial charge in [-0.25, -0.2) is 4.39 Å². The fourth-order valence-corrected chi connectivity index (χ4v) is 1.39. The lowest BCUT2D eigenvalue weighted by molar-refractivity contribution is 0.120. The second kappa shape index (κ2) is 7.25. The Morgan fingerprint density at radius 3 is 2.82 bits per heavy atom. The molecule has 1 aromatic rings. The molecule has 0 radical (unpaired) electrons. The lowest BCUT2D eigenvalue weighted by Gasteiger charge is -2.10. The maximum absolute atomic E-state index is 13.6. The predicted molar refractivity (Wildman–Crippen MR) is 65.6 cm³/mol. The van der Waals surface area contributed by atoms with Gasteiger partial charge in [-0.15, -0.1) is 0 Å². The molecule has 1 unspecified atom stereocenters. The van der Waals surface area contributed by atoms with Crippen LogP contribution in [0.1, 0.15) is 25.8 Å². The van der Waals surface area contributed by atoms with Crippen molar-refractivity contribution in [1.29, 1.82) is 0 Å². The number of rotatable bonds is 7. The molecule has 1 rings (SSSR count). The zero-order valence-corrected chi connectivity index (χ0v) is 10.4. The Balaban J connectivity index is 2.53. The summed E-state index contributed by atoms with van der Waals surface area (Å²) in [5.41, 5.74) is 0.889. The largest absolute Gasteiger partial charge is 0.488 e. The van der Waals surface area contributed by atoms with E-state index in [4.69, 9.17) is 9.84 Å². The SMILES string of the molecule is CCCNCc1ccc(OCC(C)O)c(F)c1. The van der Waals surface area contributed by atoms with Crippen LogP contribution in [0.2, 0.25) is 0 Å². The Bertz CT molecular complexity index is 342. The Morgan fingerprint density at radius 1 is 1.47 bits per heavy atom. The van der Waals surface area contributed by atoms with Gasteiger partial charge in [0.05, 0.1) is 6.10 Å². The van der Waals surface area contributed by atoms with E-state index in [0.717, 1.165) is 18.5 Å². The standard InChI is InChI=1S/C13H20FNO2/c1-3-6-15-8-11-4-5-13(12(14)7-11)17-9-10(2)16/h4-5,7,10,15-16H,3,6,8-9H2,1-2H3. The van der Waals surface area contributed by atoms with Crippen molar-refractivity contribution in [2.24, 2.45) is 0 Å². The summed E-state index contributed by atoms with van der Waals surface area (Å²) in [6, 6.07) is 4.88. The number of nitrogens with one attached hydrogen (secondary N) is 1. The van der Waals surface area contributed by atoms with Crippen molar-refractivity contribution >= 4 is 0 Å². The molecule has 0 bridgehead atoms. The number of hydrogen-bond donors (Lipinski definition) is 2. The number of aliphatic hydroxyl groups excluding tert-OH is 1. The molecular weight excluding hydrogens is 221 g/mol. The van der Waals surface area contributed by atoms with Crippen LogP contribution >= 0.6 is 0 Å². The molecule has 0 saturated heterocycles. The molecule has 1 atom stereocenters. The monoisotopic (exact) mass is 241 g/mol. The van der Waals surface area contributed by atoms with Gasteiger partial charge >= 0.3 is 0 Å². The molecule has 0 saturated carbocycles. The van der Waals surface area contributed by atoms with E-state index in [0.29, 0.717) is 6.54 Å². The first-order chi connectivity index (χ1) is 8.13. The summed E-state index contributed by atoms with van der Waals surface area (Å²) in [4.78, 5) is 0. The van der Waals surface area contributed by atoms with Gasteiger partial charge in [-0.1, -0.05) is 13.0 Å². The van der Waals surface area contributed by atoms with Crippen molar-refractivity contribution in [3.63, 3.8) is 0 Å². The minimum absolute atomic E-state index is 0.102. The van der Waals surface area contributed by atoms with Crippen LogP contribution < -0.4 is 10.1 Å². The van der Waals surface area contributed by atoms with Crippen molar-refractivity contribution in [2.75, 3.05) is 13.2 Å². The fraction of sp³-hybridized carbons (Fsp3) is 0.538. The highest BCUT2D eigenvalue weighted by molar-refractivity contribution is 5.29. The van der Waals surface area contributed by atoms with E-state index in [9.17, 15) is 4.39 Å². The van der Waals surface area contributed by atoms with E-state index >= 15 is 0 Å². The van der Waals surface area contributed by atoms with Crippen LogP contribution in [0.15, 0.2) is 18.2 Å². The van der Waals surface area contributed by atoms with E-state index in [-0.39, 0.29) is 18.2 Å². The smallest absolute Gasteiger partial charge is 0.165 e. The molecule has 0 aliphatic rings. The first-order valence-corrected chi connectivity index (χ1v) is 5.93. The zero-order chi connectivity index (χ0) is 12.7. The summed E-state index contributed by atoms with van der Waals surface area (Å²) in [5.74, 6) is -0.202. The van der Waals surface area contributed by atoms with E-state index < -0.39 is 6.10 Å². The molecule has 1 aromatic carbocycles. The normalized spacial score (nSPS) is 12.5. The summed E-state index contributed by atoms with van der Waals surface area (Å²) in [5, 5.41) is 12.2. The number of ether oxygens (including phenoxy) is 1. The predicted octanol–water partition coefficient (Wildman–Crippen LogP) is 2.08. The number of hydrogen-bond acceptors (Lipinski definition) is 3. The topological polar surface area (TPSA) is 41.5 Å². The highest BCUT2D eigenvalue weighted by atomic mass is 19.1. The molecule has 0 heterocycles. The third-order valence-corrected chi connectivity index (χ3v) is 2.23. The molecular formula is C13H20FNO2. The zero-order valence-electron chi connectivity index (χ0n) is 10.4. The number of benzene rings is 1. The Labute approximate surface area is 102 Å². The molecule has 0 fully saturated rings. The maximum atomic E-state index is 13.6. The van der Waals surface area contributed by atoms with Gasteiger partial charge in [0.1, 0.15) is 6.61 Å². The fourth-order valence-electron chi connectivity index (χ4n) is 1.39. The Hall–Kier alpha value is -1.13. The van der Waals surface area contributed by atoms with Crippen molar-refractivity contribution in [3.8, 4) is 5.75 Å². The lowest BCUT2D eigenvalue weighted by atomic mass is 10.2. The molecule has 0 spiro atoms. The molecule has 0 amide bonds. The van der Waals surface area contributed by atoms with Gasteiger partial charge in [-0.3, -0.25) is 0 Å². The lowest BCUT2D eigenvalue weighted by Crippen LogP contribution is -2.15. The van der Waals surface area contributed by atoms with Gasteiger partial charge in [0, 0.05) is 6.54 Å². The minimum Gasteiger partial charge on any atom is -0.488 e. The summed E-state index contributed by atoms with van der Waals surface area (Å²) in [7, 11) is 0. The van der Waals surface area contributed by atoms with Crippen LogP contribution in [0.5, 0.6) is 5.75 Å². The molecule has 2 N–H and O–H groups in total. The molecule has 3 nitrogen and oxygen atoms in total. The highest BCUT2D eigenvalue weighted by Crippen LogP contribution is 2.18.